The Hall–Kier alpha value is -1.92. The van der Waals surface area contributed by atoms with E-state index >= 15 is 0 Å². The number of halogens is 1. The van der Waals surface area contributed by atoms with Crippen LogP contribution in [0.1, 0.15) is 6.42 Å². The van der Waals surface area contributed by atoms with Crippen LogP contribution in [0, 0.1) is 11.8 Å². The number of hydrogen-bond acceptors (Lipinski definition) is 3. The Labute approximate surface area is 147 Å². The molecule has 24 heavy (non-hydrogen) atoms. The van der Waals surface area contributed by atoms with Gasteiger partial charge in [0.1, 0.15) is 11.5 Å². The molecule has 3 heterocycles. The van der Waals surface area contributed by atoms with Crippen molar-refractivity contribution in [1.82, 2.24) is 0 Å². The molecule has 1 aromatic carbocycles. The van der Waals surface area contributed by atoms with E-state index in [1.165, 1.54) is 0 Å². The van der Waals surface area contributed by atoms with Gasteiger partial charge in [-0.05, 0) is 30.7 Å². The number of aliphatic carboxylic acids is 1. The number of hydrogen-bond donors (Lipinski definition) is 1. The molecule has 1 aromatic rings. The molecule has 1 N–H and O–H groups in total. The lowest BCUT2D eigenvalue weighted by Gasteiger charge is -2.32. The van der Waals surface area contributed by atoms with Crippen molar-refractivity contribution >= 4 is 33.5 Å². The molecule has 4 rings (SSSR count). The minimum atomic E-state index is -0.986. The molecule has 5 atom stereocenters. The first-order valence-electron chi connectivity index (χ1n) is 7.79. The third-order valence-electron chi connectivity index (χ3n) is 5.20. The maximum Gasteiger partial charge on any atom is 0.310 e. The van der Waals surface area contributed by atoms with Crippen LogP contribution >= 0.6 is 15.9 Å². The Kier molecular flexibility index (Phi) is 3.44. The van der Waals surface area contributed by atoms with Gasteiger partial charge in [0.05, 0.1) is 18.1 Å². The molecule has 2 saturated heterocycles. The zero-order valence-electron chi connectivity index (χ0n) is 12.8. The summed E-state index contributed by atoms with van der Waals surface area (Å²) in [6, 6.07) is 7.13. The van der Waals surface area contributed by atoms with Gasteiger partial charge in [0.2, 0.25) is 5.91 Å². The van der Waals surface area contributed by atoms with E-state index in [0.29, 0.717) is 6.42 Å². The fourth-order valence-corrected chi connectivity index (χ4v) is 4.55. The number of benzene rings is 1. The number of rotatable bonds is 4. The van der Waals surface area contributed by atoms with E-state index < -0.39 is 29.5 Å². The molecule has 0 radical (unpaired) electrons. The SMILES string of the molecule is C=CC[C@@H]1N(c2ccc(Br)cc2)C(=O)[C@H]2[C@@H](C(=O)O)[C@@H]3C=C[C@@]12O3. The Morgan fingerprint density at radius 3 is 2.75 bits per heavy atom. The van der Waals surface area contributed by atoms with Crippen molar-refractivity contribution in [1.29, 1.82) is 0 Å². The normalized spacial score (nSPS) is 36.2. The van der Waals surface area contributed by atoms with Gasteiger partial charge < -0.3 is 14.7 Å². The van der Waals surface area contributed by atoms with Crippen molar-refractivity contribution < 1.29 is 19.4 Å². The highest BCUT2D eigenvalue weighted by Crippen LogP contribution is 2.56. The van der Waals surface area contributed by atoms with Crippen LogP contribution in [0.5, 0.6) is 0 Å². The van der Waals surface area contributed by atoms with Crippen LogP contribution in [0.4, 0.5) is 5.69 Å². The Morgan fingerprint density at radius 1 is 1.42 bits per heavy atom. The van der Waals surface area contributed by atoms with Crippen LogP contribution in [-0.2, 0) is 14.3 Å². The lowest BCUT2D eigenvalue weighted by atomic mass is 9.74. The fraction of sp³-hybridized carbons (Fsp3) is 0.333. The van der Waals surface area contributed by atoms with Crippen LogP contribution in [0.15, 0.2) is 53.5 Å². The number of anilines is 1. The van der Waals surface area contributed by atoms with Crippen LogP contribution in [0.2, 0.25) is 0 Å². The standard InChI is InChI=1S/C18H16BrNO4/c1-2-3-13-18-9-8-12(24-18)14(17(22)23)15(18)16(21)20(13)11-6-4-10(19)5-7-11/h2,4-9,12-15H,1,3H2,(H,22,23)/t12-,13-,14-,15+,18+/m0/s1. The first-order valence-corrected chi connectivity index (χ1v) is 8.58. The van der Waals surface area contributed by atoms with Gasteiger partial charge in [0.15, 0.2) is 0 Å². The Balaban J connectivity index is 1.83. The van der Waals surface area contributed by atoms with Crippen molar-refractivity contribution in [3.8, 4) is 0 Å². The van der Waals surface area contributed by atoms with Crippen LogP contribution in [-0.4, -0.2) is 34.7 Å². The molecule has 1 spiro atoms. The molecule has 124 valence electrons. The molecule has 0 saturated carbocycles. The van der Waals surface area contributed by atoms with Crippen LogP contribution in [0.3, 0.4) is 0 Å². The zero-order valence-corrected chi connectivity index (χ0v) is 14.3. The summed E-state index contributed by atoms with van der Waals surface area (Å²) in [6.07, 6.45) is 5.41. The van der Waals surface area contributed by atoms with Crippen molar-refractivity contribution in [3.05, 3.63) is 53.5 Å². The summed E-state index contributed by atoms with van der Waals surface area (Å²) in [4.78, 5) is 26.6. The van der Waals surface area contributed by atoms with Gasteiger partial charge in [-0.15, -0.1) is 6.58 Å². The summed E-state index contributed by atoms with van der Waals surface area (Å²) >= 11 is 3.39. The maximum absolute atomic E-state index is 13.2. The van der Waals surface area contributed by atoms with E-state index in [0.717, 1.165) is 10.2 Å². The largest absolute Gasteiger partial charge is 0.481 e. The number of carboxylic acid groups (broad SMARTS) is 1. The predicted octanol–water partition coefficient (Wildman–Crippen LogP) is 2.76. The van der Waals surface area contributed by atoms with Gasteiger partial charge in [0.25, 0.3) is 0 Å². The summed E-state index contributed by atoms with van der Waals surface area (Å²) in [7, 11) is 0. The summed E-state index contributed by atoms with van der Waals surface area (Å²) in [5, 5.41) is 9.60. The van der Waals surface area contributed by atoms with E-state index in [1.54, 1.807) is 17.1 Å². The predicted molar refractivity (Wildman–Crippen MR) is 91.6 cm³/mol. The third kappa shape index (κ3) is 1.90. The molecular weight excluding hydrogens is 374 g/mol. The molecule has 5 nitrogen and oxygen atoms in total. The molecule has 6 heteroatoms. The first kappa shape index (κ1) is 15.6. The van der Waals surface area contributed by atoms with Crippen molar-refractivity contribution in [3.63, 3.8) is 0 Å². The van der Waals surface area contributed by atoms with Crippen LogP contribution < -0.4 is 4.90 Å². The highest BCUT2D eigenvalue weighted by Gasteiger charge is 2.71. The highest BCUT2D eigenvalue weighted by atomic mass is 79.9. The minimum Gasteiger partial charge on any atom is -0.481 e. The van der Waals surface area contributed by atoms with Gasteiger partial charge in [-0.2, -0.15) is 0 Å². The number of ether oxygens (including phenoxy) is 1. The quantitative estimate of drug-likeness (QED) is 0.803. The van der Waals surface area contributed by atoms with Crippen molar-refractivity contribution in [2.24, 2.45) is 11.8 Å². The monoisotopic (exact) mass is 389 g/mol. The van der Waals surface area contributed by atoms with E-state index in [-0.39, 0.29) is 11.9 Å². The van der Waals surface area contributed by atoms with E-state index in [4.69, 9.17) is 4.74 Å². The topological polar surface area (TPSA) is 66.8 Å². The molecule has 0 aliphatic carbocycles. The number of carbonyl (C=O) groups excluding carboxylic acids is 1. The van der Waals surface area contributed by atoms with Gasteiger partial charge in [-0.1, -0.05) is 34.2 Å². The third-order valence-corrected chi connectivity index (χ3v) is 5.73. The second-order valence-corrected chi connectivity index (χ2v) is 7.28. The zero-order chi connectivity index (χ0) is 17.1. The summed E-state index contributed by atoms with van der Waals surface area (Å²) < 4.78 is 6.97. The number of carboxylic acids is 1. The first-order chi connectivity index (χ1) is 11.5. The van der Waals surface area contributed by atoms with Crippen molar-refractivity contribution in [2.45, 2.75) is 24.2 Å². The number of amides is 1. The number of carbonyl (C=O) groups is 2. The molecule has 0 unspecified atom stereocenters. The molecule has 2 fully saturated rings. The molecular formula is C18H16BrNO4. The lowest BCUT2D eigenvalue weighted by molar-refractivity contribution is -0.146. The second-order valence-electron chi connectivity index (χ2n) is 6.36. The summed E-state index contributed by atoms with van der Waals surface area (Å²) in [5.74, 6) is -2.71. The maximum atomic E-state index is 13.2. The minimum absolute atomic E-state index is 0.191. The van der Waals surface area contributed by atoms with Gasteiger partial charge in [0, 0.05) is 10.2 Å². The van der Waals surface area contributed by atoms with Crippen LogP contribution in [0.25, 0.3) is 0 Å². The molecule has 3 aliphatic heterocycles. The second kappa shape index (κ2) is 5.29. The number of fused-ring (bicyclic) bond motifs is 1. The van der Waals surface area contributed by atoms with Crippen molar-refractivity contribution in [2.75, 3.05) is 4.90 Å². The molecule has 2 bridgehead atoms. The fourth-order valence-electron chi connectivity index (χ4n) is 4.29. The average Bonchev–Trinajstić information content (AvgIpc) is 3.18. The highest BCUT2D eigenvalue weighted by molar-refractivity contribution is 9.10. The van der Waals surface area contributed by atoms with E-state index in [2.05, 4.69) is 22.5 Å². The van der Waals surface area contributed by atoms with Gasteiger partial charge in [-0.25, -0.2) is 0 Å². The Morgan fingerprint density at radius 2 is 2.12 bits per heavy atom. The average molecular weight is 390 g/mol. The lowest BCUT2D eigenvalue weighted by Crippen LogP contribution is -2.45. The van der Waals surface area contributed by atoms with E-state index in [9.17, 15) is 14.7 Å². The Bertz CT molecular complexity index is 759. The molecule has 0 aromatic heterocycles. The summed E-state index contributed by atoms with van der Waals surface area (Å²) in [6.45, 7) is 3.80. The molecule has 1 amide bonds. The molecule has 3 aliphatic rings. The van der Waals surface area contributed by atoms with Gasteiger partial charge in [-0.3, -0.25) is 9.59 Å². The number of nitrogens with zero attached hydrogens (tertiary/aromatic N) is 1. The van der Waals surface area contributed by atoms with E-state index in [1.807, 2.05) is 30.3 Å². The smallest absolute Gasteiger partial charge is 0.310 e. The van der Waals surface area contributed by atoms with Gasteiger partial charge >= 0.3 is 5.97 Å². The summed E-state index contributed by atoms with van der Waals surface area (Å²) in [5.41, 5.74) is -0.144.